The molecule has 0 N–H and O–H groups in total. The third kappa shape index (κ3) is 2.20. The molecule has 5 heteroatoms. The zero-order chi connectivity index (χ0) is 11.7. The van der Waals surface area contributed by atoms with Gasteiger partial charge in [-0.2, -0.15) is 0 Å². The number of halogens is 2. The molecule has 0 radical (unpaired) electrons. The van der Waals surface area contributed by atoms with Crippen molar-refractivity contribution in [3.05, 3.63) is 40.1 Å². The zero-order valence-electron chi connectivity index (χ0n) is 8.98. The van der Waals surface area contributed by atoms with Crippen molar-refractivity contribution in [2.24, 2.45) is 0 Å². The molecule has 0 saturated carbocycles. The van der Waals surface area contributed by atoms with E-state index in [0.29, 0.717) is 0 Å². The maximum Gasteiger partial charge on any atom is 0.0965 e. The van der Waals surface area contributed by atoms with Crippen LogP contribution in [0.1, 0.15) is 23.0 Å². The van der Waals surface area contributed by atoms with Gasteiger partial charge in [0.05, 0.1) is 22.4 Å². The molecule has 84 valence electrons. The first-order valence-electron chi connectivity index (χ1n) is 4.91. The van der Waals surface area contributed by atoms with E-state index in [1.807, 2.05) is 31.3 Å². The van der Waals surface area contributed by atoms with Crippen LogP contribution in [0.25, 0.3) is 5.69 Å². The molecule has 0 aliphatic carbocycles. The van der Waals surface area contributed by atoms with Gasteiger partial charge >= 0.3 is 0 Å². The number of nitrogens with zero attached hydrogens (tertiary/aromatic N) is 3. The molecule has 0 bridgehead atoms. The SMILES string of the molecule is Cc1c(Br)cccc1-n1cc(C(C)Br)nn1. The van der Waals surface area contributed by atoms with Crippen molar-refractivity contribution < 1.29 is 0 Å². The van der Waals surface area contributed by atoms with E-state index in [1.54, 1.807) is 4.68 Å². The molecule has 0 saturated heterocycles. The lowest BCUT2D eigenvalue weighted by Crippen LogP contribution is -1.98. The topological polar surface area (TPSA) is 30.7 Å². The first-order valence-corrected chi connectivity index (χ1v) is 6.62. The van der Waals surface area contributed by atoms with Crippen LogP contribution in [-0.4, -0.2) is 15.0 Å². The van der Waals surface area contributed by atoms with Crippen molar-refractivity contribution in [1.82, 2.24) is 15.0 Å². The van der Waals surface area contributed by atoms with E-state index in [0.717, 1.165) is 21.4 Å². The highest BCUT2D eigenvalue weighted by atomic mass is 79.9. The second kappa shape index (κ2) is 4.67. The molecule has 1 aromatic heterocycles. The van der Waals surface area contributed by atoms with Crippen LogP contribution in [0.4, 0.5) is 0 Å². The highest BCUT2D eigenvalue weighted by molar-refractivity contribution is 9.10. The van der Waals surface area contributed by atoms with Crippen molar-refractivity contribution in [3.8, 4) is 5.69 Å². The summed E-state index contributed by atoms with van der Waals surface area (Å²) in [4.78, 5) is 0.216. The van der Waals surface area contributed by atoms with Crippen molar-refractivity contribution in [3.63, 3.8) is 0 Å². The molecule has 0 fully saturated rings. The first-order chi connectivity index (χ1) is 7.59. The van der Waals surface area contributed by atoms with E-state index in [-0.39, 0.29) is 4.83 Å². The van der Waals surface area contributed by atoms with Crippen LogP contribution in [0.3, 0.4) is 0 Å². The summed E-state index contributed by atoms with van der Waals surface area (Å²) in [5.74, 6) is 0. The molecule has 0 aliphatic heterocycles. The molecule has 0 spiro atoms. The van der Waals surface area contributed by atoms with Gasteiger partial charge in [0.2, 0.25) is 0 Å². The maximum absolute atomic E-state index is 4.13. The Morgan fingerprint density at radius 1 is 1.38 bits per heavy atom. The Balaban J connectivity index is 2.47. The minimum absolute atomic E-state index is 0.216. The quantitative estimate of drug-likeness (QED) is 0.776. The summed E-state index contributed by atoms with van der Waals surface area (Å²) in [7, 11) is 0. The Hall–Kier alpha value is -0.680. The number of alkyl halides is 1. The van der Waals surface area contributed by atoms with Gasteiger partial charge in [-0.25, -0.2) is 4.68 Å². The number of hydrogen-bond acceptors (Lipinski definition) is 2. The molecule has 0 amide bonds. The molecule has 2 rings (SSSR count). The monoisotopic (exact) mass is 343 g/mol. The summed E-state index contributed by atoms with van der Waals surface area (Å²) < 4.78 is 2.88. The summed E-state index contributed by atoms with van der Waals surface area (Å²) in [5.41, 5.74) is 3.13. The molecule has 1 aromatic carbocycles. The van der Waals surface area contributed by atoms with Gasteiger partial charge in [-0.1, -0.05) is 43.1 Å². The summed E-state index contributed by atoms with van der Waals surface area (Å²) in [6, 6.07) is 6.03. The number of aromatic nitrogens is 3. The molecule has 3 nitrogen and oxygen atoms in total. The fourth-order valence-electron chi connectivity index (χ4n) is 1.42. The first kappa shape index (κ1) is 11.8. The predicted octanol–water partition coefficient (Wildman–Crippen LogP) is 3.79. The van der Waals surface area contributed by atoms with Crippen molar-refractivity contribution in [2.45, 2.75) is 18.7 Å². The normalized spacial score (nSPS) is 12.8. The predicted molar refractivity (Wildman–Crippen MR) is 71.1 cm³/mol. The summed E-state index contributed by atoms with van der Waals surface area (Å²) in [6.07, 6.45) is 1.94. The smallest absolute Gasteiger partial charge is 0.0965 e. The van der Waals surface area contributed by atoms with Crippen molar-refractivity contribution in [2.75, 3.05) is 0 Å². The van der Waals surface area contributed by atoms with Crippen molar-refractivity contribution in [1.29, 1.82) is 0 Å². The fourth-order valence-corrected chi connectivity index (χ4v) is 1.99. The fraction of sp³-hybridized carbons (Fsp3) is 0.273. The summed E-state index contributed by atoms with van der Waals surface area (Å²) >= 11 is 6.98. The highest BCUT2D eigenvalue weighted by Crippen LogP contribution is 2.24. The van der Waals surface area contributed by atoms with Gasteiger partial charge in [-0.05, 0) is 31.5 Å². The molecule has 2 aromatic rings. The Bertz CT molecular complexity index is 506. The van der Waals surface area contributed by atoms with Crippen LogP contribution in [0.15, 0.2) is 28.9 Å². The molecular formula is C11H11Br2N3. The second-order valence-electron chi connectivity index (χ2n) is 3.59. The lowest BCUT2D eigenvalue weighted by molar-refractivity contribution is 0.792. The van der Waals surface area contributed by atoms with Gasteiger partial charge in [0.25, 0.3) is 0 Å². The van der Waals surface area contributed by atoms with E-state index in [1.165, 1.54) is 0 Å². The third-order valence-electron chi connectivity index (χ3n) is 2.40. The van der Waals surface area contributed by atoms with Crippen LogP contribution < -0.4 is 0 Å². The van der Waals surface area contributed by atoms with Crippen LogP contribution >= 0.6 is 31.9 Å². The summed E-state index contributed by atoms with van der Waals surface area (Å²) in [5, 5.41) is 8.24. The highest BCUT2D eigenvalue weighted by Gasteiger charge is 2.09. The van der Waals surface area contributed by atoms with E-state index in [2.05, 4.69) is 49.1 Å². The van der Waals surface area contributed by atoms with E-state index < -0.39 is 0 Å². The summed E-state index contributed by atoms with van der Waals surface area (Å²) in [6.45, 7) is 4.08. The Morgan fingerprint density at radius 3 is 2.75 bits per heavy atom. The number of rotatable bonds is 2. The van der Waals surface area contributed by atoms with Gasteiger partial charge in [0.15, 0.2) is 0 Å². The van der Waals surface area contributed by atoms with Gasteiger partial charge in [-0.15, -0.1) is 5.10 Å². The largest absolute Gasteiger partial charge is 0.220 e. The molecule has 0 aliphatic rings. The van der Waals surface area contributed by atoms with Crippen LogP contribution in [0.5, 0.6) is 0 Å². The van der Waals surface area contributed by atoms with Crippen LogP contribution in [0.2, 0.25) is 0 Å². The maximum atomic E-state index is 4.13. The van der Waals surface area contributed by atoms with Gasteiger partial charge < -0.3 is 0 Å². The average Bonchev–Trinajstić information content (AvgIpc) is 2.71. The standard InChI is InChI=1S/C11H11Br2N3/c1-7-9(13)4-3-5-11(7)16-6-10(8(2)12)14-15-16/h3-6,8H,1-2H3. The molecule has 1 unspecified atom stereocenters. The van der Waals surface area contributed by atoms with E-state index in [9.17, 15) is 0 Å². The third-order valence-corrected chi connectivity index (χ3v) is 3.73. The second-order valence-corrected chi connectivity index (χ2v) is 5.82. The van der Waals surface area contributed by atoms with Crippen LogP contribution in [0, 0.1) is 6.92 Å². The number of benzene rings is 1. The van der Waals surface area contributed by atoms with Gasteiger partial charge in [-0.3, -0.25) is 0 Å². The minimum Gasteiger partial charge on any atom is -0.220 e. The molecule has 16 heavy (non-hydrogen) atoms. The number of hydrogen-bond donors (Lipinski definition) is 0. The van der Waals surface area contributed by atoms with Crippen molar-refractivity contribution >= 4 is 31.9 Å². The Kier molecular flexibility index (Phi) is 3.44. The zero-order valence-corrected chi connectivity index (χ0v) is 12.2. The van der Waals surface area contributed by atoms with Gasteiger partial charge in [0, 0.05) is 4.47 Å². The van der Waals surface area contributed by atoms with E-state index in [4.69, 9.17) is 0 Å². The van der Waals surface area contributed by atoms with Crippen LogP contribution in [-0.2, 0) is 0 Å². The molecular weight excluding hydrogens is 334 g/mol. The Morgan fingerprint density at radius 2 is 2.12 bits per heavy atom. The molecule has 1 atom stereocenters. The lowest BCUT2D eigenvalue weighted by atomic mass is 10.2. The van der Waals surface area contributed by atoms with Gasteiger partial charge in [0.1, 0.15) is 0 Å². The Labute approximate surface area is 111 Å². The lowest BCUT2D eigenvalue weighted by Gasteiger charge is -2.06. The van der Waals surface area contributed by atoms with E-state index >= 15 is 0 Å². The minimum atomic E-state index is 0.216. The average molecular weight is 345 g/mol. The molecule has 1 heterocycles.